The molecule has 0 nitrogen and oxygen atoms in total. The van der Waals surface area contributed by atoms with E-state index in [1.165, 1.54) is 31.7 Å². The summed E-state index contributed by atoms with van der Waals surface area (Å²) in [5.41, 5.74) is 0. The number of allylic oxidation sites excluding steroid dienone is 2. The highest BCUT2D eigenvalue weighted by Gasteiger charge is 2.20. The topological polar surface area (TPSA) is 0 Å². The summed E-state index contributed by atoms with van der Waals surface area (Å²) >= 11 is 0. The first kappa shape index (κ1) is 14.2. The minimum atomic E-state index is -1.23. The zero-order valence-corrected chi connectivity index (χ0v) is 12.6. The van der Waals surface area contributed by atoms with Crippen LogP contribution in [0.2, 0.25) is 19.1 Å². The molecule has 17 heavy (non-hydrogen) atoms. The number of hydrogen-bond donors (Lipinski definition) is 0. The molecule has 0 aliphatic carbocycles. The molecule has 0 fully saturated rings. The van der Waals surface area contributed by atoms with Crippen LogP contribution >= 0.6 is 0 Å². The molecule has 0 amide bonds. The molecule has 1 aromatic carbocycles. The Balaban J connectivity index is 2.40. The summed E-state index contributed by atoms with van der Waals surface area (Å²) in [6.07, 6.45) is 10.1. The normalized spacial score (nSPS) is 12.2. The molecule has 0 aliphatic heterocycles. The lowest BCUT2D eigenvalue weighted by Crippen LogP contribution is -2.40. The van der Waals surface area contributed by atoms with Gasteiger partial charge in [-0.25, -0.2) is 0 Å². The van der Waals surface area contributed by atoms with Crippen molar-refractivity contribution < 1.29 is 0 Å². The molecule has 0 saturated heterocycles. The molecule has 0 heterocycles. The van der Waals surface area contributed by atoms with Gasteiger partial charge in [-0.05, 0) is 18.9 Å². The molecule has 0 atom stereocenters. The van der Waals surface area contributed by atoms with Crippen LogP contribution in [0, 0.1) is 0 Å². The van der Waals surface area contributed by atoms with Crippen LogP contribution in [0.5, 0.6) is 0 Å². The molecule has 0 N–H and O–H groups in total. The van der Waals surface area contributed by atoms with E-state index < -0.39 is 8.07 Å². The molecule has 1 rings (SSSR count). The average Bonchev–Trinajstić information content (AvgIpc) is 2.35. The molecular formula is C16H26Si. The predicted molar refractivity (Wildman–Crippen MR) is 81.6 cm³/mol. The fraction of sp³-hybridized carbons (Fsp3) is 0.500. The van der Waals surface area contributed by atoms with Crippen LogP contribution in [0.25, 0.3) is 0 Å². The lowest BCUT2D eigenvalue weighted by molar-refractivity contribution is 0.729. The first-order chi connectivity index (χ1) is 8.17. The van der Waals surface area contributed by atoms with Gasteiger partial charge in [-0.15, -0.1) is 0 Å². The van der Waals surface area contributed by atoms with Gasteiger partial charge >= 0.3 is 0 Å². The minimum absolute atomic E-state index is 1.23. The van der Waals surface area contributed by atoms with E-state index in [-0.39, 0.29) is 0 Å². The van der Waals surface area contributed by atoms with E-state index >= 15 is 0 Å². The van der Waals surface area contributed by atoms with Gasteiger partial charge in [0.1, 0.15) is 0 Å². The van der Waals surface area contributed by atoms with Crippen molar-refractivity contribution in [2.24, 2.45) is 0 Å². The first-order valence-electron chi connectivity index (χ1n) is 6.87. The van der Waals surface area contributed by atoms with Crippen LogP contribution in [0.3, 0.4) is 0 Å². The summed E-state index contributed by atoms with van der Waals surface area (Å²) in [6, 6.07) is 12.3. The van der Waals surface area contributed by atoms with E-state index in [0.717, 1.165) is 0 Å². The third-order valence-corrected chi connectivity index (χ3v) is 6.48. The van der Waals surface area contributed by atoms with E-state index in [0.29, 0.717) is 0 Å². The van der Waals surface area contributed by atoms with Crippen molar-refractivity contribution in [2.45, 2.75) is 51.7 Å². The molecule has 94 valence electrons. The molecule has 0 unspecified atom stereocenters. The fourth-order valence-electron chi connectivity index (χ4n) is 2.02. The van der Waals surface area contributed by atoms with Crippen molar-refractivity contribution in [3.05, 3.63) is 42.5 Å². The summed E-state index contributed by atoms with van der Waals surface area (Å²) in [5, 5.41) is 1.57. The largest absolute Gasteiger partial charge is 0.0909 e. The number of hydrogen-bond acceptors (Lipinski definition) is 0. The summed E-state index contributed by atoms with van der Waals surface area (Å²) < 4.78 is 0. The Morgan fingerprint density at radius 1 is 1.00 bits per heavy atom. The van der Waals surface area contributed by atoms with Crippen molar-refractivity contribution in [3.8, 4) is 0 Å². The third-order valence-electron chi connectivity index (χ3n) is 3.32. The predicted octanol–water partition coefficient (Wildman–Crippen LogP) is 4.74. The maximum absolute atomic E-state index is 2.46. The van der Waals surface area contributed by atoms with E-state index in [4.69, 9.17) is 0 Å². The summed E-state index contributed by atoms with van der Waals surface area (Å²) in [4.78, 5) is 0. The van der Waals surface area contributed by atoms with Crippen LogP contribution in [0.1, 0.15) is 32.6 Å². The Labute approximate surface area is 108 Å². The molecule has 0 aromatic heterocycles. The molecule has 0 radical (unpaired) electrons. The van der Waals surface area contributed by atoms with Crippen LogP contribution in [-0.2, 0) is 0 Å². The van der Waals surface area contributed by atoms with Crippen LogP contribution in [0.4, 0.5) is 0 Å². The van der Waals surface area contributed by atoms with Gasteiger partial charge in [0, 0.05) is 0 Å². The van der Waals surface area contributed by atoms with E-state index in [1.807, 2.05) is 0 Å². The van der Waals surface area contributed by atoms with Gasteiger partial charge in [0.25, 0.3) is 0 Å². The quantitative estimate of drug-likeness (QED) is 0.370. The van der Waals surface area contributed by atoms with Gasteiger partial charge in [-0.2, -0.15) is 0 Å². The molecular weight excluding hydrogens is 220 g/mol. The van der Waals surface area contributed by atoms with Gasteiger partial charge in [0.2, 0.25) is 0 Å². The van der Waals surface area contributed by atoms with Crippen molar-refractivity contribution in [1.29, 1.82) is 0 Å². The molecule has 0 aliphatic rings. The smallest absolute Gasteiger partial charge is 0.0843 e. The summed E-state index contributed by atoms with van der Waals surface area (Å²) in [5.74, 6) is 0. The highest BCUT2D eigenvalue weighted by Crippen LogP contribution is 2.11. The SMILES string of the molecule is CCCCC/C=C/C[Si](C)(C)c1ccccc1. The molecule has 0 saturated carbocycles. The lowest BCUT2D eigenvalue weighted by Gasteiger charge is -2.20. The van der Waals surface area contributed by atoms with Crippen molar-refractivity contribution in [1.82, 2.24) is 0 Å². The maximum Gasteiger partial charge on any atom is 0.0843 e. The van der Waals surface area contributed by atoms with E-state index in [2.05, 4.69) is 62.5 Å². The second kappa shape index (κ2) is 7.49. The number of unbranched alkanes of at least 4 members (excludes halogenated alkanes) is 3. The number of benzene rings is 1. The zero-order valence-electron chi connectivity index (χ0n) is 11.6. The van der Waals surface area contributed by atoms with E-state index in [1.54, 1.807) is 5.19 Å². The molecule has 0 spiro atoms. The van der Waals surface area contributed by atoms with Crippen LogP contribution in [0.15, 0.2) is 42.5 Å². The number of rotatable bonds is 7. The van der Waals surface area contributed by atoms with Crippen LogP contribution < -0.4 is 5.19 Å². The van der Waals surface area contributed by atoms with Gasteiger partial charge in [0.15, 0.2) is 0 Å². The molecule has 0 bridgehead atoms. The van der Waals surface area contributed by atoms with E-state index in [9.17, 15) is 0 Å². The van der Waals surface area contributed by atoms with Crippen molar-refractivity contribution in [2.75, 3.05) is 0 Å². The summed E-state index contributed by atoms with van der Waals surface area (Å²) in [7, 11) is -1.23. The highest BCUT2D eigenvalue weighted by molar-refractivity contribution is 6.90. The Morgan fingerprint density at radius 3 is 2.35 bits per heavy atom. The zero-order chi connectivity index (χ0) is 12.6. The standard InChI is InChI=1S/C16H26Si/c1-4-5-6-7-8-12-15-17(2,3)16-13-10-9-11-14-16/h8-14H,4-7,15H2,1-3H3/b12-8+. The third kappa shape index (κ3) is 5.36. The maximum atomic E-state index is 2.46. The Kier molecular flexibility index (Phi) is 6.28. The Morgan fingerprint density at radius 2 is 1.71 bits per heavy atom. The van der Waals surface area contributed by atoms with Crippen molar-refractivity contribution in [3.63, 3.8) is 0 Å². The molecule has 1 heteroatoms. The Hall–Kier alpha value is -0.823. The second-order valence-corrected chi connectivity index (χ2v) is 10.2. The highest BCUT2D eigenvalue weighted by atomic mass is 28.3. The second-order valence-electron chi connectivity index (χ2n) is 5.42. The summed E-state index contributed by atoms with van der Waals surface area (Å²) in [6.45, 7) is 7.17. The monoisotopic (exact) mass is 246 g/mol. The van der Waals surface area contributed by atoms with Crippen molar-refractivity contribution >= 4 is 13.3 Å². The lowest BCUT2D eigenvalue weighted by atomic mass is 10.2. The Bertz CT molecular complexity index is 325. The van der Waals surface area contributed by atoms with Gasteiger partial charge in [-0.1, -0.05) is 80.5 Å². The van der Waals surface area contributed by atoms with Gasteiger partial charge in [0.05, 0.1) is 8.07 Å². The van der Waals surface area contributed by atoms with Gasteiger partial charge < -0.3 is 0 Å². The fourth-order valence-corrected chi connectivity index (χ4v) is 4.10. The average molecular weight is 246 g/mol. The first-order valence-corrected chi connectivity index (χ1v) is 10.1. The minimum Gasteiger partial charge on any atom is -0.0909 e. The molecule has 1 aromatic rings. The van der Waals surface area contributed by atoms with Crippen LogP contribution in [-0.4, -0.2) is 8.07 Å². The van der Waals surface area contributed by atoms with Gasteiger partial charge in [-0.3, -0.25) is 0 Å².